The smallest absolute Gasteiger partial charge is 0.225 e. The van der Waals surface area contributed by atoms with Crippen molar-refractivity contribution in [2.75, 3.05) is 25.2 Å². The third-order valence-electron chi connectivity index (χ3n) is 3.15. The van der Waals surface area contributed by atoms with Crippen LogP contribution < -0.4 is 5.32 Å². The van der Waals surface area contributed by atoms with Crippen molar-refractivity contribution in [3.63, 3.8) is 0 Å². The first-order chi connectivity index (χ1) is 9.54. The molecule has 21 heavy (non-hydrogen) atoms. The molecule has 118 valence electrons. The molecule has 0 radical (unpaired) electrons. The minimum absolute atomic E-state index is 0.0566. The van der Waals surface area contributed by atoms with Crippen LogP contribution in [0.1, 0.15) is 32.8 Å². The summed E-state index contributed by atoms with van der Waals surface area (Å²) < 4.78 is 24.4. The van der Waals surface area contributed by atoms with Crippen molar-refractivity contribution in [3.8, 4) is 0 Å². The summed E-state index contributed by atoms with van der Waals surface area (Å²) in [4.78, 5) is 12.0. The Kier molecular flexibility index (Phi) is 5.53. The molecule has 6 heteroatoms. The molecule has 0 bridgehead atoms. The van der Waals surface area contributed by atoms with Gasteiger partial charge in [0.2, 0.25) is 15.9 Å². The Morgan fingerprint density at radius 2 is 1.76 bits per heavy atom. The van der Waals surface area contributed by atoms with E-state index in [1.54, 1.807) is 0 Å². The van der Waals surface area contributed by atoms with Crippen LogP contribution in [0.4, 0.5) is 5.69 Å². The quantitative estimate of drug-likeness (QED) is 0.906. The fourth-order valence-electron chi connectivity index (χ4n) is 1.86. The number of hydrogen-bond donors (Lipinski definition) is 1. The second-order valence-corrected chi connectivity index (χ2v) is 8.49. The Bertz CT molecular complexity index is 602. The van der Waals surface area contributed by atoms with Gasteiger partial charge in [0, 0.05) is 26.2 Å². The van der Waals surface area contributed by atoms with Crippen LogP contribution in [0.3, 0.4) is 0 Å². The zero-order valence-electron chi connectivity index (χ0n) is 13.3. The summed E-state index contributed by atoms with van der Waals surface area (Å²) in [5.41, 5.74) is 1.66. The van der Waals surface area contributed by atoms with Crippen molar-refractivity contribution < 1.29 is 13.2 Å². The molecular weight excluding hydrogens is 288 g/mol. The van der Waals surface area contributed by atoms with E-state index in [1.165, 1.54) is 14.1 Å². The molecule has 0 saturated heterocycles. The lowest BCUT2D eigenvalue weighted by atomic mass is 9.86. The Hall–Kier alpha value is -1.40. The molecule has 0 saturated carbocycles. The summed E-state index contributed by atoms with van der Waals surface area (Å²) in [5, 5.41) is 2.81. The average molecular weight is 312 g/mol. The van der Waals surface area contributed by atoms with E-state index >= 15 is 0 Å². The molecule has 0 spiro atoms. The fourth-order valence-corrected chi connectivity index (χ4v) is 2.67. The first-order valence-corrected chi connectivity index (χ1v) is 8.44. The van der Waals surface area contributed by atoms with Crippen molar-refractivity contribution in [2.45, 2.75) is 32.6 Å². The molecule has 0 unspecified atom stereocenters. The van der Waals surface area contributed by atoms with Crippen LogP contribution in [0.15, 0.2) is 24.3 Å². The molecule has 1 aromatic carbocycles. The highest BCUT2D eigenvalue weighted by atomic mass is 32.2. The van der Waals surface area contributed by atoms with Gasteiger partial charge >= 0.3 is 0 Å². The van der Waals surface area contributed by atoms with Gasteiger partial charge < -0.3 is 5.32 Å². The maximum absolute atomic E-state index is 12.0. The van der Waals surface area contributed by atoms with E-state index in [0.717, 1.165) is 15.6 Å². The SMILES string of the molecule is CN(C)S(=O)(=O)CCC(=O)Nc1ccccc1C(C)(C)C. The number of nitrogens with zero attached hydrogens (tertiary/aromatic N) is 1. The Morgan fingerprint density at radius 3 is 2.29 bits per heavy atom. The summed E-state index contributed by atoms with van der Waals surface area (Å²) in [6.45, 7) is 6.19. The van der Waals surface area contributed by atoms with E-state index in [9.17, 15) is 13.2 Å². The Labute approximate surface area is 127 Å². The lowest BCUT2D eigenvalue weighted by Gasteiger charge is -2.23. The van der Waals surface area contributed by atoms with E-state index in [1.807, 2.05) is 24.3 Å². The summed E-state index contributed by atoms with van der Waals surface area (Å²) in [6, 6.07) is 7.57. The van der Waals surface area contributed by atoms with E-state index in [4.69, 9.17) is 0 Å². The monoisotopic (exact) mass is 312 g/mol. The molecule has 0 aliphatic heterocycles. The molecule has 1 aromatic rings. The molecule has 0 atom stereocenters. The third kappa shape index (κ3) is 5.13. The van der Waals surface area contributed by atoms with Crippen LogP contribution in [0.25, 0.3) is 0 Å². The highest BCUT2D eigenvalue weighted by Gasteiger charge is 2.20. The van der Waals surface area contributed by atoms with Gasteiger partial charge in [0.1, 0.15) is 0 Å². The maximum Gasteiger partial charge on any atom is 0.225 e. The number of benzene rings is 1. The molecule has 1 N–H and O–H groups in total. The van der Waals surface area contributed by atoms with Crippen LogP contribution in [0.2, 0.25) is 0 Å². The summed E-state index contributed by atoms with van der Waals surface area (Å²) in [5.74, 6) is -0.485. The second-order valence-electron chi connectivity index (χ2n) is 6.19. The number of carbonyl (C=O) groups excluding carboxylic acids is 1. The van der Waals surface area contributed by atoms with Gasteiger partial charge in [-0.1, -0.05) is 39.0 Å². The number of anilines is 1. The van der Waals surface area contributed by atoms with Crippen molar-refractivity contribution >= 4 is 21.6 Å². The van der Waals surface area contributed by atoms with E-state index in [2.05, 4.69) is 26.1 Å². The molecule has 5 nitrogen and oxygen atoms in total. The second kappa shape index (κ2) is 6.58. The maximum atomic E-state index is 12.0. The zero-order valence-corrected chi connectivity index (χ0v) is 14.1. The standard InChI is InChI=1S/C15H24N2O3S/c1-15(2,3)12-8-6-7-9-13(12)16-14(18)10-11-21(19,20)17(4)5/h6-9H,10-11H2,1-5H3,(H,16,18). The van der Waals surface area contributed by atoms with Crippen LogP contribution in [-0.4, -0.2) is 38.5 Å². The highest BCUT2D eigenvalue weighted by Crippen LogP contribution is 2.29. The minimum Gasteiger partial charge on any atom is -0.326 e. The summed E-state index contributed by atoms with van der Waals surface area (Å²) in [7, 11) is -0.431. The van der Waals surface area contributed by atoms with Gasteiger partial charge in [0.05, 0.1) is 5.75 Å². The number of para-hydroxylation sites is 1. The summed E-state index contributed by atoms with van der Waals surface area (Å²) >= 11 is 0. The lowest BCUT2D eigenvalue weighted by molar-refractivity contribution is -0.115. The Balaban J connectivity index is 2.77. The van der Waals surface area contributed by atoms with Crippen LogP contribution in [0.5, 0.6) is 0 Å². The first kappa shape index (κ1) is 17.7. The minimum atomic E-state index is -3.35. The number of hydrogen-bond acceptors (Lipinski definition) is 3. The third-order valence-corrected chi connectivity index (χ3v) is 4.99. The van der Waals surface area contributed by atoms with E-state index in [0.29, 0.717) is 0 Å². The number of rotatable bonds is 5. The number of amides is 1. The van der Waals surface area contributed by atoms with Crippen LogP contribution in [0, 0.1) is 0 Å². The zero-order chi connectivity index (χ0) is 16.3. The van der Waals surface area contributed by atoms with E-state index in [-0.39, 0.29) is 23.5 Å². The molecular formula is C15H24N2O3S. The predicted molar refractivity (Wildman–Crippen MR) is 85.9 cm³/mol. The molecule has 0 fully saturated rings. The van der Waals surface area contributed by atoms with Crippen molar-refractivity contribution in [3.05, 3.63) is 29.8 Å². The molecule has 1 rings (SSSR count). The van der Waals surface area contributed by atoms with Gasteiger partial charge in [-0.3, -0.25) is 4.79 Å². The number of nitrogens with one attached hydrogen (secondary N) is 1. The van der Waals surface area contributed by atoms with Gasteiger partial charge in [0.25, 0.3) is 0 Å². The van der Waals surface area contributed by atoms with E-state index < -0.39 is 10.0 Å². The molecule has 0 heterocycles. The van der Waals surface area contributed by atoms with Gasteiger partial charge in [0.15, 0.2) is 0 Å². The molecule has 0 aromatic heterocycles. The average Bonchev–Trinajstić information content (AvgIpc) is 2.35. The van der Waals surface area contributed by atoms with Crippen molar-refractivity contribution in [1.29, 1.82) is 0 Å². The first-order valence-electron chi connectivity index (χ1n) is 6.83. The largest absolute Gasteiger partial charge is 0.326 e. The van der Waals surface area contributed by atoms with Crippen LogP contribution in [-0.2, 0) is 20.2 Å². The molecule has 0 aliphatic rings. The Morgan fingerprint density at radius 1 is 1.19 bits per heavy atom. The normalized spacial score (nSPS) is 12.5. The van der Waals surface area contributed by atoms with Gasteiger partial charge in [-0.05, 0) is 17.0 Å². The molecule has 0 aliphatic carbocycles. The van der Waals surface area contributed by atoms with Gasteiger partial charge in [-0.25, -0.2) is 12.7 Å². The highest BCUT2D eigenvalue weighted by molar-refractivity contribution is 7.89. The van der Waals surface area contributed by atoms with Crippen molar-refractivity contribution in [1.82, 2.24) is 4.31 Å². The number of sulfonamides is 1. The topological polar surface area (TPSA) is 66.5 Å². The fraction of sp³-hybridized carbons (Fsp3) is 0.533. The van der Waals surface area contributed by atoms with Crippen LogP contribution >= 0.6 is 0 Å². The summed E-state index contributed by atoms with van der Waals surface area (Å²) in [6.07, 6.45) is -0.0566. The van der Waals surface area contributed by atoms with Crippen molar-refractivity contribution in [2.24, 2.45) is 0 Å². The van der Waals surface area contributed by atoms with Gasteiger partial charge in [-0.2, -0.15) is 0 Å². The predicted octanol–water partition coefficient (Wildman–Crippen LogP) is 2.20. The lowest BCUT2D eigenvalue weighted by Crippen LogP contribution is -2.28. The molecule has 1 amide bonds. The number of carbonyl (C=O) groups is 1. The van der Waals surface area contributed by atoms with Gasteiger partial charge in [-0.15, -0.1) is 0 Å².